The summed E-state index contributed by atoms with van der Waals surface area (Å²) in [6.45, 7) is 4.76. The number of nitrogens with zero attached hydrogens (tertiary/aromatic N) is 3. The Morgan fingerprint density at radius 3 is 2.80 bits per heavy atom. The van der Waals surface area contributed by atoms with E-state index in [0.29, 0.717) is 18.6 Å². The van der Waals surface area contributed by atoms with Gasteiger partial charge in [-0.2, -0.15) is 5.10 Å². The molecule has 2 N–H and O–H groups in total. The summed E-state index contributed by atoms with van der Waals surface area (Å²) in [6.07, 6.45) is 6.25. The fourth-order valence-corrected chi connectivity index (χ4v) is 2.22. The van der Waals surface area contributed by atoms with Gasteiger partial charge in [-0.3, -0.25) is 9.58 Å². The van der Waals surface area contributed by atoms with Crippen LogP contribution in [-0.4, -0.2) is 46.4 Å². The topological polar surface area (TPSA) is 62.2 Å². The number of likely N-dealkylation sites (N-methyl/N-ethyl adjacent to an activating group) is 1. The molecule has 1 aromatic rings. The molecular formula is C14H25N5O. The van der Waals surface area contributed by atoms with Crippen LogP contribution >= 0.6 is 0 Å². The highest BCUT2D eigenvalue weighted by Gasteiger charge is 2.29. The second-order valence-corrected chi connectivity index (χ2v) is 5.77. The zero-order valence-electron chi connectivity index (χ0n) is 12.8. The van der Waals surface area contributed by atoms with Gasteiger partial charge in [-0.15, -0.1) is 0 Å². The number of aryl methyl sites for hydroxylation is 1. The molecule has 112 valence electrons. The van der Waals surface area contributed by atoms with Gasteiger partial charge in [0.2, 0.25) is 0 Å². The third kappa shape index (κ3) is 3.96. The molecule has 2 atom stereocenters. The van der Waals surface area contributed by atoms with Crippen LogP contribution in [0.25, 0.3) is 0 Å². The van der Waals surface area contributed by atoms with Gasteiger partial charge in [-0.1, -0.05) is 0 Å². The molecule has 1 aliphatic carbocycles. The zero-order chi connectivity index (χ0) is 14.7. The van der Waals surface area contributed by atoms with E-state index in [1.807, 2.05) is 20.2 Å². The molecule has 1 fully saturated rings. The van der Waals surface area contributed by atoms with E-state index in [2.05, 4.69) is 34.6 Å². The van der Waals surface area contributed by atoms with Crippen LogP contribution in [0.2, 0.25) is 0 Å². The van der Waals surface area contributed by atoms with E-state index in [1.54, 1.807) is 10.9 Å². The Bertz CT molecular complexity index is 454. The van der Waals surface area contributed by atoms with Gasteiger partial charge >= 0.3 is 6.03 Å². The maximum Gasteiger partial charge on any atom is 0.315 e. The second kappa shape index (κ2) is 6.26. The molecule has 2 amide bonds. The van der Waals surface area contributed by atoms with E-state index in [0.717, 1.165) is 5.56 Å². The summed E-state index contributed by atoms with van der Waals surface area (Å²) >= 11 is 0. The largest absolute Gasteiger partial charge is 0.337 e. The van der Waals surface area contributed by atoms with Crippen LogP contribution in [0, 0.1) is 0 Å². The summed E-state index contributed by atoms with van der Waals surface area (Å²) in [6, 6.07) is 0.906. The molecule has 6 nitrogen and oxygen atoms in total. The highest BCUT2D eigenvalue weighted by atomic mass is 16.2. The van der Waals surface area contributed by atoms with Gasteiger partial charge in [0, 0.05) is 37.4 Å². The fourth-order valence-electron chi connectivity index (χ4n) is 2.22. The van der Waals surface area contributed by atoms with Crippen LogP contribution in [0.15, 0.2) is 12.4 Å². The van der Waals surface area contributed by atoms with E-state index in [1.165, 1.54) is 12.8 Å². The van der Waals surface area contributed by atoms with Crippen molar-refractivity contribution in [1.29, 1.82) is 0 Å². The summed E-state index contributed by atoms with van der Waals surface area (Å²) in [5, 5.41) is 9.97. The molecule has 2 rings (SSSR count). The normalized spacial score (nSPS) is 17.9. The molecule has 0 unspecified atom stereocenters. The van der Waals surface area contributed by atoms with Gasteiger partial charge in [0.25, 0.3) is 0 Å². The van der Waals surface area contributed by atoms with Gasteiger partial charge in [-0.25, -0.2) is 4.79 Å². The molecule has 0 radical (unpaired) electrons. The summed E-state index contributed by atoms with van der Waals surface area (Å²) in [4.78, 5) is 14.2. The molecule has 0 spiro atoms. The number of carbonyl (C=O) groups excluding carboxylic acids is 1. The molecule has 0 aliphatic heterocycles. The minimum atomic E-state index is -0.127. The summed E-state index contributed by atoms with van der Waals surface area (Å²) in [7, 11) is 3.99. The lowest BCUT2D eigenvalue weighted by Gasteiger charge is -2.25. The average Bonchev–Trinajstić information content (AvgIpc) is 3.17. The molecule has 1 aromatic heterocycles. The number of amides is 2. The number of urea groups is 1. The van der Waals surface area contributed by atoms with Crippen LogP contribution in [0.1, 0.15) is 38.3 Å². The molecule has 0 saturated heterocycles. The molecule has 0 aromatic carbocycles. The van der Waals surface area contributed by atoms with Crippen molar-refractivity contribution in [1.82, 2.24) is 25.3 Å². The zero-order valence-corrected chi connectivity index (χ0v) is 12.8. The first kappa shape index (κ1) is 14.8. The van der Waals surface area contributed by atoms with E-state index < -0.39 is 0 Å². The molecular weight excluding hydrogens is 254 g/mol. The lowest BCUT2D eigenvalue weighted by atomic mass is 10.2. The Hall–Kier alpha value is -1.56. The number of nitrogens with one attached hydrogen (secondary N) is 2. The molecule has 1 saturated carbocycles. The molecule has 1 aliphatic rings. The van der Waals surface area contributed by atoms with Crippen LogP contribution in [-0.2, 0) is 7.05 Å². The van der Waals surface area contributed by atoms with Crippen molar-refractivity contribution in [2.75, 3.05) is 13.6 Å². The van der Waals surface area contributed by atoms with Crippen LogP contribution in [0.5, 0.6) is 0 Å². The van der Waals surface area contributed by atoms with Gasteiger partial charge in [0.05, 0.1) is 12.2 Å². The smallest absolute Gasteiger partial charge is 0.315 e. The Labute approximate surface area is 120 Å². The van der Waals surface area contributed by atoms with Crippen LogP contribution in [0.4, 0.5) is 4.79 Å². The summed E-state index contributed by atoms with van der Waals surface area (Å²) in [5.74, 6) is 0. The predicted octanol–water partition coefficient (Wildman–Crippen LogP) is 1.26. The quantitative estimate of drug-likeness (QED) is 0.824. The maximum absolute atomic E-state index is 11.9. The van der Waals surface area contributed by atoms with E-state index >= 15 is 0 Å². The summed E-state index contributed by atoms with van der Waals surface area (Å²) in [5.41, 5.74) is 1.01. The molecule has 1 heterocycles. The first-order valence-electron chi connectivity index (χ1n) is 7.22. The van der Waals surface area contributed by atoms with Crippen molar-refractivity contribution in [3.05, 3.63) is 18.0 Å². The molecule has 20 heavy (non-hydrogen) atoms. The Kier molecular flexibility index (Phi) is 4.65. The monoisotopic (exact) mass is 279 g/mol. The standard InChI is InChI=1S/C14H25N5O/c1-10(19(4)13-5-6-13)7-15-14(20)17-11(2)12-8-16-18(3)9-12/h8-11,13H,5-7H2,1-4H3,(H2,15,17,20)/t10-,11-/m0/s1. The Morgan fingerprint density at radius 1 is 1.55 bits per heavy atom. The highest BCUT2D eigenvalue weighted by molar-refractivity contribution is 5.74. The average molecular weight is 279 g/mol. The minimum absolute atomic E-state index is 0.0415. The van der Waals surface area contributed by atoms with Crippen molar-refractivity contribution in [3.63, 3.8) is 0 Å². The predicted molar refractivity (Wildman–Crippen MR) is 78.4 cm³/mol. The van der Waals surface area contributed by atoms with Crippen LogP contribution < -0.4 is 10.6 Å². The highest BCUT2D eigenvalue weighted by Crippen LogP contribution is 2.26. The van der Waals surface area contributed by atoms with Crippen molar-refractivity contribution in [2.24, 2.45) is 7.05 Å². The van der Waals surface area contributed by atoms with Crippen molar-refractivity contribution < 1.29 is 4.79 Å². The molecule has 0 bridgehead atoms. The second-order valence-electron chi connectivity index (χ2n) is 5.77. The van der Waals surface area contributed by atoms with Gasteiger partial charge in [0.15, 0.2) is 0 Å². The van der Waals surface area contributed by atoms with E-state index in [-0.39, 0.29) is 12.1 Å². The fraction of sp³-hybridized carbons (Fsp3) is 0.714. The van der Waals surface area contributed by atoms with Gasteiger partial charge in [0.1, 0.15) is 0 Å². The van der Waals surface area contributed by atoms with Crippen molar-refractivity contribution in [3.8, 4) is 0 Å². The summed E-state index contributed by atoms with van der Waals surface area (Å²) < 4.78 is 1.73. The number of carbonyl (C=O) groups is 1. The lowest BCUT2D eigenvalue weighted by Crippen LogP contribution is -2.45. The maximum atomic E-state index is 11.9. The number of hydrogen-bond donors (Lipinski definition) is 2. The molecule has 6 heteroatoms. The van der Waals surface area contributed by atoms with Crippen molar-refractivity contribution >= 4 is 6.03 Å². The third-order valence-corrected chi connectivity index (χ3v) is 3.95. The minimum Gasteiger partial charge on any atom is -0.337 e. The third-order valence-electron chi connectivity index (χ3n) is 3.95. The van der Waals surface area contributed by atoms with Gasteiger partial charge < -0.3 is 10.6 Å². The van der Waals surface area contributed by atoms with Gasteiger partial charge in [-0.05, 0) is 33.7 Å². The number of rotatable bonds is 6. The first-order valence-corrected chi connectivity index (χ1v) is 7.22. The number of hydrogen-bond acceptors (Lipinski definition) is 3. The van der Waals surface area contributed by atoms with Crippen molar-refractivity contribution in [2.45, 2.75) is 44.8 Å². The van der Waals surface area contributed by atoms with E-state index in [4.69, 9.17) is 0 Å². The lowest BCUT2D eigenvalue weighted by molar-refractivity contribution is 0.220. The first-order chi connectivity index (χ1) is 9.47. The number of aromatic nitrogens is 2. The Morgan fingerprint density at radius 2 is 2.25 bits per heavy atom. The Balaban J connectivity index is 1.72. The van der Waals surface area contributed by atoms with Crippen LogP contribution in [0.3, 0.4) is 0 Å². The SMILES string of the molecule is C[C@H](NC(=O)NC[C@H](C)N(C)C1CC1)c1cnn(C)c1. The van der Waals surface area contributed by atoms with E-state index in [9.17, 15) is 4.79 Å².